The van der Waals surface area contributed by atoms with Crippen molar-refractivity contribution in [3.63, 3.8) is 0 Å². The molecule has 0 bridgehead atoms. The van der Waals surface area contributed by atoms with E-state index in [9.17, 15) is 0 Å². The molecule has 0 saturated carbocycles. The van der Waals surface area contributed by atoms with Crippen molar-refractivity contribution in [1.29, 1.82) is 0 Å². The molecule has 0 aliphatic rings. The lowest BCUT2D eigenvalue weighted by Gasteiger charge is -2.05. The van der Waals surface area contributed by atoms with Crippen LogP contribution >= 0.6 is 0 Å². The minimum atomic E-state index is 0.562. The van der Waals surface area contributed by atoms with Crippen LogP contribution in [0.1, 0.15) is 44.9 Å². The third-order valence-corrected chi connectivity index (χ3v) is 2.29. The fraction of sp³-hybridized carbons (Fsp3) is 0.417. The molecule has 0 aromatic carbocycles. The van der Waals surface area contributed by atoms with Crippen molar-refractivity contribution in [3.8, 4) is 0 Å². The van der Waals surface area contributed by atoms with E-state index in [1.807, 2.05) is 13.1 Å². The molecule has 0 atom stereocenters. The molecule has 1 nitrogen and oxygen atoms in total. The van der Waals surface area contributed by atoms with Crippen LogP contribution in [0.5, 0.6) is 0 Å². The van der Waals surface area contributed by atoms with Crippen LogP contribution in [-0.2, 0) is 0 Å². The van der Waals surface area contributed by atoms with Crippen molar-refractivity contribution in [1.82, 2.24) is 4.98 Å². The number of nitrogens with zero attached hydrogens (tertiary/aromatic N) is 1. The second-order valence-electron chi connectivity index (χ2n) is 3.60. The van der Waals surface area contributed by atoms with Crippen LogP contribution in [0, 0.1) is 0 Å². The average Bonchev–Trinajstić information content (AvgIpc) is 2.17. The molecule has 0 radical (unpaired) electrons. The summed E-state index contributed by atoms with van der Waals surface area (Å²) in [7, 11) is 0. The van der Waals surface area contributed by atoms with Crippen LogP contribution < -0.4 is 0 Å². The van der Waals surface area contributed by atoms with Crippen LogP contribution in [0.2, 0.25) is 0 Å². The molecule has 0 aliphatic carbocycles. The van der Waals surface area contributed by atoms with Crippen LogP contribution in [0.15, 0.2) is 24.4 Å². The van der Waals surface area contributed by atoms with Crippen LogP contribution in [0.25, 0.3) is 5.57 Å². The Kier molecular flexibility index (Phi) is 3.24. The molecule has 70 valence electrons. The normalized spacial score (nSPS) is 12.2. The SMILES string of the molecule is C/C=C(\C)c1ccc(C(C)C)cn1. The molecule has 1 rings (SSSR count). The first-order valence-corrected chi connectivity index (χ1v) is 4.74. The third kappa shape index (κ3) is 2.41. The zero-order valence-electron chi connectivity index (χ0n) is 8.83. The highest BCUT2D eigenvalue weighted by Crippen LogP contribution is 2.16. The van der Waals surface area contributed by atoms with E-state index in [2.05, 4.69) is 44.0 Å². The fourth-order valence-corrected chi connectivity index (χ4v) is 1.13. The quantitative estimate of drug-likeness (QED) is 0.669. The number of pyridine rings is 1. The Balaban J connectivity index is 2.94. The van der Waals surface area contributed by atoms with Gasteiger partial charge in [0.2, 0.25) is 0 Å². The summed E-state index contributed by atoms with van der Waals surface area (Å²) >= 11 is 0. The van der Waals surface area contributed by atoms with E-state index in [0.717, 1.165) is 5.69 Å². The lowest BCUT2D eigenvalue weighted by Crippen LogP contribution is -1.91. The van der Waals surface area contributed by atoms with Gasteiger partial charge in [-0.15, -0.1) is 0 Å². The lowest BCUT2D eigenvalue weighted by molar-refractivity contribution is 0.857. The highest BCUT2D eigenvalue weighted by molar-refractivity contribution is 5.59. The van der Waals surface area contributed by atoms with Gasteiger partial charge < -0.3 is 0 Å². The number of allylic oxidation sites excluding steroid dienone is 2. The van der Waals surface area contributed by atoms with Gasteiger partial charge in [-0.1, -0.05) is 26.0 Å². The Bertz CT molecular complexity index is 293. The molecule has 13 heavy (non-hydrogen) atoms. The Labute approximate surface area is 80.5 Å². The van der Waals surface area contributed by atoms with Crippen molar-refractivity contribution in [2.24, 2.45) is 0 Å². The minimum Gasteiger partial charge on any atom is -0.256 e. The predicted molar refractivity (Wildman–Crippen MR) is 57.7 cm³/mol. The summed E-state index contributed by atoms with van der Waals surface area (Å²) in [6, 6.07) is 4.24. The molecule has 1 heterocycles. The molecule has 0 aliphatic heterocycles. The van der Waals surface area contributed by atoms with Gasteiger partial charge >= 0.3 is 0 Å². The van der Waals surface area contributed by atoms with E-state index in [-0.39, 0.29) is 0 Å². The van der Waals surface area contributed by atoms with Crippen molar-refractivity contribution in [3.05, 3.63) is 35.7 Å². The summed E-state index contributed by atoms with van der Waals surface area (Å²) in [5, 5.41) is 0. The van der Waals surface area contributed by atoms with Gasteiger partial charge in [0.05, 0.1) is 5.69 Å². The summed E-state index contributed by atoms with van der Waals surface area (Å²) in [4.78, 5) is 4.40. The summed E-state index contributed by atoms with van der Waals surface area (Å²) in [6.07, 6.45) is 4.05. The summed E-state index contributed by atoms with van der Waals surface area (Å²) < 4.78 is 0. The minimum absolute atomic E-state index is 0.562. The van der Waals surface area contributed by atoms with Crippen molar-refractivity contribution in [2.75, 3.05) is 0 Å². The maximum atomic E-state index is 4.40. The summed E-state index contributed by atoms with van der Waals surface area (Å²) in [6.45, 7) is 8.48. The third-order valence-electron chi connectivity index (χ3n) is 2.29. The smallest absolute Gasteiger partial charge is 0.0655 e. The molecular formula is C12H17N. The van der Waals surface area contributed by atoms with Gasteiger partial charge in [0.1, 0.15) is 0 Å². The first-order chi connectivity index (χ1) is 6.15. The zero-order chi connectivity index (χ0) is 9.84. The van der Waals surface area contributed by atoms with E-state index in [1.165, 1.54) is 11.1 Å². The monoisotopic (exact) mass is 175 g/mol. The molecule has 0 fully saturated rings. The highest BCUT2D eigenvalue weighted by atomic mass is 14.7. The molecule has 0 saturated heterocycles. The van der Waals surface area contributed by atoms with Gasteiger partial charge in [-0.25, -0.2) is 0 Å². The molecule has 1 aromatic heterocycles. The molecule has 0 amide bonds. The van der Waals surface area contributed by atoms with E-state index >= 15 is 0 Å². The molecule has 0 spiro atoms. The average molecular weight is 175 g/mol. The fourth-order valence-electron chi connectivity index (χ4n) is 1.13. The van der Waals surface area contributed by atoms with Gasteiger partial charge in [-0.05, 0) is 37.0 Å². The number of rotatable bonds is 2. The van der Waals surface area contributed by atoms with Gasteiger partial charge in [0.15, 0.2) is 0 Å². The number of hydrogen-bond acceptors (Lipinski definition) is 1. The summed E-state index contributed by atoms with van der Waals surface area (Å²) in [5.74, 6) is 0.562. The van der Waals surface area contributed by atoms with E-state index in [0.29, 0.717) is 5.92 Å². The topological polar surface area (TPSA) is 12.9 Å². The highest BCUT2D eigenvalue weighted by Gasteiger charge is 2.00. The predicted octanol–water partition coefficient (Wildman–Crippen LogP) is 3.63. The van der Waals surface area contributed by atoms with Crippen LogP contribution in [0.3, 0.4) is 0 Å². The molecule has 1 heteroatoms. The van der Waals surface area contributed by atoms with Crippen molar-refractivity contribution in [2.45, 2.75) is 33.6 Å². The second kappa shape index (κ2) is 4.22. The molecular weight excluding hydrogens is 158 g/mol. The van der Waals surface area contributed by atoms with Gasteiger partial charge in [0, 0.05) is 6.20 Å². The molecule has 0 N–H and O–H groups in total. The van der Waals surface area contributed by atoms with Gasteiger partial charge in [0.25, 0.3) is 0 Å². The van der Waals surface area contributed by atoms with Crippen molar-refractivity contribution >= 4 is 5.57 Å². The Morgan fingerprint density at radius 1 is 1.38 bits per heavy atom. The summed E-state index contributed by atoms with van der Waals surface area (Å²) in [5.41, 5.74) is 3.61. The van der Waals surface area contributed by atoms with Crippen LogP contribution in [-0.4, -0.2) is 4.98 Å². The van der Waals surface area contributed by atoms with Gasteiger partial charge in [-0.2, -0.15) is 0 Å². The Hall–Kier alpha value is -1.11. The van der Waals surface area contributed by atoms with Crippen molar-refractivity contribution < 1.29 is 0 Å². The number of aromatic nitrogens is 1. The Morgan fingerprint density at radius 3 is 2.46 bits per heavy atom. The molecule has 0 unspecified atom stereocenters. The van der Waals surface area contributed by atoms with E-state index in [1.54, 1.807) is 0 Å². The maximum Gasteiger partial charge on any atom is 0.0655 e. The van der Waals surface area contributed by atoms with Crippen LogP contribution in [0.4, 0.5) is 0 Å². The first kappa shape index (κ1) is 9.97. The van der Waals surface area contributed by atoms with E-state index in [4.69, 9.17) is 0 Å². The van der Waals surface area contributed by atoms with Gasteiger partial charge in [-0.3, -0.25) is 4.98 Å². The Morgan fingerprint density at radius 2 is 2.08 bits per heavy atom. The first-order valence-electron chi connectivity index (χ1n) is 4.74. The largest absolute Gasteiger partial charge is 0.256 e. The number of hydrogen-bond donors (Lipinski definition) is 0. The maximum absolute atomic E-state index is 4.40. The molecule has 1 aromatic rings. The van der Waals surface area contributed by atoms with E-state index < -0.39 is 0 Å². The lowest BCUT2D eigenvalue weighted by atomic mass is 10.0. The second-order valence-corrected chi connectivity index (χ2v) is 3.60. The zero-order valence-corrected chi connectivity index (χ0v) is 8.83. The standard InChI is InChI=1S/C12H17N/c1-5-10(4)12-7-6-11(8-13-12)9(2)3/h5-9H,1-4H3/b10-5+.